The number of hydrogen-bond acceptors (Lipinski definition) is 6. The second-order valence-corrected chi connectivity index (χ2v) is 9.33. The van der Waals surface area contributed by atoms with Gasteiger partial charge in [0.05, 0.1) is 23.7 Å². The van der Waals surface area contributed by atoms with Crippen molar-refractivity contribution in [3.63, 3.8) is 0 Å². The van der Waals surface area contributed by atoms with Gasteiger partial charge < -0.3 is 14.8 Å². The highest BCUT2D eigenvalue weighted by Crippen LogP contribution is 2.45. The number of nitrogens with one attached hydrogen (secondary N) is 1. The molecule has 6 nitrogen and oxygen atoms in total. The molecule has 3 aromatic rings. The van der Waals surface area contributed by atoms with Crippen molar-refractivity contribution in [2.24, 2.45) is 0 Å². The lowest BCUT2D eigenvalue weighted by Gasteiger charge is -2.31. The molecule has 1 heterocycles. The SMILES string of the molecule is CCOC(=O)c1c(NC(=O)[C@H](C)Oc2ccccc2)sc2c1CC[C@@](C#N)(c1ccccc1)C2. The monoisotopic (exact) mass is 474 g/mol. The van der Waals surface area contributed by atoms with Gasteiger partial charge in [-0.3, -0.25) is 4.79 Å². The summed E-state index contributed by atoms with van der Waals surface area (Å²) in [5, 5.41) is 13.5. The molecule has 0 bridgehead atoms. The predicted octanol–water partition coefficient (Wildman–Crippen LogP) is 5.28. The van der Waals surface area contributed by atoms with Gasteiger partial charge in [-0.1, -0.05) is 48.5 Å². The fourth-order valence-corrected chi connectivity index (χ4v) is 5.61. The molecule has 34 heavy (non-hydrogen) atoms. The highest BCUT2D eigenvalue weighted by atomic mass is 32.1. The molecule has 2 atom stereocenters. The minimum Gasteiger partial charge on any atom is -0.481 e. The Labute approximate surface area is 203 Å². The van der Waals surface area contributed by atoms with Gasteiger partial charge in [0.1, 0.15) is 10.8 Å². The van der Waals surface area contributed by atoms with E-state index >= 15 is 0 Å². The number of carbonyl (C=O) groups excluding carboxylic acids is 2. The van der Waals surface area contributed by atoms with Crippen LogP contribution in [0.3, 0.4) is 0 Å². The molecule has 2 aromatic carbocycles. The lowest BCUT2D eigenvalue weighted by atomic mass is 9.70. The average Bonchev–Trinajstić information content (AvgIpc) is 3.21. The zero-order valence-electron chi connectivity index (χ0n) is 19.2. The number of fused-ring (bicyclic) bond motifs is 1. The normalized spacial score (nSPS) is 17.7. The maximum absolute atomic E-state index is 12.9. The van der Waals surface area contributed by atoms with Gasteiger partial charge in [0.25, 0.3) is 5.91 Å². The standard InChI is InChI=1S/C27H26N2O4S/c1-3-32-26(31)23-21-14-15-27(17-28,19-10-6-4-7-11-19)16-22(21)34-25(23)29-24(30)18(2)33-20-12-8-5-9-13-20/h4-13,18H,3,14-16H2,1-2H3,(H,29,30)/t18-,27+/m0/s1. The summed E-state index contributed by atoms with van der Waals surface area (Å²) in [5.41, 5.74) is 1.54. The molecule has 1 aliphatic carbocycles. The number of esters is 1. The van der Waals surface area contributed by atoms with Gasteiger partial charge in [0, 0.05) is 11.3 Å². The second-order valence-electron chi connectivity index (χ2n) is 8.23. The molecule has 0 radical (unpaired) electrons. The van der Waals surface area contributed by atoms with Crippen LogP contribution in [0.25, 0.3) is 0 Å². The van der Waals surface area contributed by atoms with Crippen LogP contribution in [0.5, 0.6) is 5.75 Å². The summed E-state index contributed by atoms with van der Waals surface area (Å²) in [6.07, 6.45) is 0.851. The third kappa shape index (κ3) is 4.68. The molecule has 0 unspecified atom stereocenters. The molecule has 0 saturated carbocycles. The Morgan fingerprint density at radius 3 is 2.47 bits per heavy atom. The van der Waals surface area contributed by atoms with Crippen molar-refractivity contribution in [3.8, 4) is 11.8 Å². The fraction of sp³-hybridized carbons (Fsp3) is 0.296. The van der Waals surface area contributed by atoms with Gasteiger partial charge in [-0.05, 0) is 49.9 Å². The Hall–Kier alpha value is -3.63. The maximum atomic E-state index is 12.9. The van der Waals surface area contributed by atoms with E-state index in [1.165, 1.54) is 11.3 Å². The van der Waals surface area contributed by atoms with E-state index in [0.717, 1.165) is 16.0 Å². The molecule has 1 amide bonds. The van der Waals surface area contributed by atoms with Crippen molar-refractivity contribution in [2.75, 3.05) is 11.9 Å². The highest BCUT2D eigenvalue weighted by molar-refractivity contribution is 7.17. The van der Waals surface area contributed by atoms with Crippen LogP contribution in [0, 0.1) is 11.3 Å². The summed E-state index contributed by atoms with van der Waals surface area (Å²) < 4.78 is 11.1. The summed E-state index contributed by atoms with van der Waals surface area (Å²) in [4.78, 5) is 26.7. The molecule has 0 fully saturated rings. The molecule has 1 N–H and O–H groups in total. The summed E-state index contributed by atoms with van der Waals surface area (Å²) in [6.45, 7) is 3.65. The van der Waals surface area contributed by atoms with Crippen LogP contribution in [-0.2, 0) is 27.8 Å². The largest absolute Gasteiger partial charge is 0.481 e. The first kappa shape index (κ1) is 23.5. The van der Waals surface area contributed by atoms with Gasteiger partial charge in [-0.25, -0.2) is 4.79 Å². The zero-order chi connectivity index (χ0) is 24.1. The molecule has 0 spiro atoms. The second kappa shape index (κ2) is 10.1. The number of thiophene rings is 1. The summed E-state index contributed by atoms with van der Waals surface area (Å²) >= 11 is 1.34. The first-order valence-corrected chi connectivity index (χ1v) is 12.1. The first-order chi connectivity index (χ1) is 16.5. The number of hydrogen-bond donors (Lipinski definition) is 1. The molecular weight excluding hydrogens is 448 g/mol. The molecule has 174 valence electrons. The van der Waals surface area contributed by atoms with Crippen molar-refractivity contribution in [2.45, 2.75) is 44.6 Å². The molecule has 1 aromatic heterocycles. The topological polar surface area (TPSA) is 88.4 Å². The molecule has 4 rings (SSSR count). The number of carbonyl (C=O) groups is 2. The van der Waals surface area contributed by atoms with Crippen LogP contribution in [0.2, 0.25) is 0 Å². The van der Waals surface area contributed by atoms with E-state index in [2.05, 4.69) is 11.4 Å². The van der Waals surface area contributed by atoms with Crippen LogP contribution < -0.4 is 10.1 Å². The quantitative estimate of drug-likeness (QED) is 0.471. The third-order valence-corrected chi connectivity index (χ3v) is 7.18. The minimum absolute atomic E-state index is 0.233. The number of ether oxygens (including phenoxy) is 2. The zero-order valence-corrected chi connectivity index (χ0v) is 20.0. The van der Waals surface area contributed by atoms with Crippen molar-refractivity contribution in [1.29, 1.82) is 5.26 Å². The number of para-hydroxylation sites is 1. The Bertz CT molecular complexity index is 1220. The molecule has 1 aliphatic rings. The molecule has 0 saturated heterocycles. The van der Waals surface area contributed by atoms with Crippen molar-refractivity contribution < 1.29 is 19.1 Å². The average molecular weight is 475 g/mol. The smallest absolute Gasteiger partial charge is 0.341 e. The van der Waals surface area contributed by atoms with E-state index < -0.39 is 17.5 Å². The van der Waals surface area contributed by atoms with Crippen molar-refractivity contribution in [1.82, 2.24) is 0 Å². The molecule has 7 heteroatoms. The van der Waals surface area contributed by atoms with Crippen molar-refractivity contribution >= 4 is 28.2 Å². The third-order valence-electron chi connectivity index (χ3n) is 6.04. The van der Waals surface area contributed by atoms with Crippen LogP contribution in [-0.4, -0.2) is 24.6 Å². The van der Waals surface area contributed by atoms with Gasteiger partial charge in [0.2, 0.25) is 0 Å². The Kier molecular flexibility index (Phi) is 6.99. The minimum atomic E-state index is -0.765. The van der Waals surface area contributed by atoms with E-state index in [1.54, 1.807) is 26.0 Å². The number of anilines is 1. The van der Waals surface area contributed by atoms with Gasteiger partial charge >= 0.3 is 5.97 Å². The molecular formula is C27H26N2O4S. The fourth-order valence-electron chi connectivity index (χ4n) is 4.26. The van der Waals surface area contributed by atoms with E-state index in [9.17, 15) is 14.9 Å². The van der Waals surface area contributed by atoms with E-state index in [4.69, 9.17) is 9.47 Å². The highest BCUT2D eigenvalue weighted by Gasteiger charge is 2.40. The predicted molar refractivity (Wildman–Crippen MR) is 131 cm³/mol. The number of amides is 1. The maximum Gasteiger partial charge on any atom is 0.341 e. The van der Waals surface area contributed by atoms with Crippen LogP contribution >= 0.6 is 11.3 Å². The number of nitrogens with zero attached hydrogens (tertiary/aromatic N) is 1. The van der Waals surface area contributed by atoms with Gasteiger partial charge in [-0.15, -0.1) is 11.3 Å². The van der Waals surface area contributed by atoms with Crippen molar-refractivity contribution in [3.05, 3.63) is 82.2 Å². The molecule has 0 aliphatic heterocycles. The Morgan fingerprint density at radius 1 is 1.15 bits per heavy atom. The van der Waals surface area contributed by atoms with Crippen LogP contribution in [0.4, 0.5) is 5.00 Å². The summed E-state index contributed by atoms with van der Waals surface area (Å²) in [6, 6.07) is 21.4. The van der Waals surface area contributed by atoms with E-state index in [0.29, 0.717) is 35.6 Å². The van der Waals surface area contributed by atoms with Crippen LogP contribution in [0.1, 0.15) is 46.6 Å². The summed E-state index contributed by atoms with van der Waals surface area (Å²) in [7, 11) is 0. The lowest BCUT2D eigenvalue weighted by Crippen LogP contribution is -2.31. The summed E-state index contributed by atoms with van der Waals surface area (Å²) in [5.74, 6) is -0.235. The van der Waals surface area contributed by atoms with E-state index in [-0.39, 0.29) is 12.5 Å². The number of rotatable bonds is 7. The lowest BCUT2D eigenvalue weighted by molar-refractivity contribution is -0.122. The van der Waals surface area contributed by atoms with E-state index in [1.807, 2.05) is 48.5 Å². The number of nitriles is 1. The Balaban J connectivity index is 1.63. The van der Waals surface area contributed by atoms with Gasteiger partial charge in [0.15, 0.2) is 6.10 Å². The first-order valence-electron chi connectivity index (χ1n) is 11.3. The number of benzene rings is 2. The Morgan fingerprint density at radius 2 is 1.82 bits per heavy atom. The van der Waals surface area contributed by atoms with Gasteiger partial charge in [-0.2, -0.15) is 5.26 Å². The van der Waals surface area contributed by atoms with Crippen LogP contribution in [0.15, 0.2) is 60.7 Å².